The molecule has 2 aromatic carbocycles. The number of carbonyl (C=O) groups is 2. The third-order valence-corrected chi connectivity index (χ3v) is 6.41. The molecule has 0 fully saturated rings. The van der Waals surface area contributed by atoms with Gasteiger partial charge >= 0.3 is 30.5 Å². The second-order valence-electron chi connectivity index (χ2n) is 9.97. The lowest BCUT2D eigenvalue weighted by molar-refractivity contribution is -0.253. The third kappa shape index (κ3) is 8.30. The number of carbonyl (C=O) groups excluding carboxylic acids is 2. The van der Waals surface area contributed by atoms with E-state index in [9.17, 15) is 40.3 Å². The van der Waals surface area contributed by atoms with Crippen LogP contribution in [0, 0.1) is 5.82 Å². The number of esters is 1. The number of pyridine rings is 1. The first-order valence-electron chi connectivity index (χ1n) is 13.0. The van der Waals surface area contributed by atoms with Gasteiger partial charge in [0.25, 0.3) is 0 Å². The van der Waals surface area contributed by atoms with Crippen LogP contribution in [0.3, 0.4) is 0 Å². The van der Waals surface area contributed by atoms with Crippen molar-refractivity contribution in [2.45, 2.75) is 63.3 Å². The van der Waals surface area contributed by atoms with Crippen LogP contribution in [-0.2, 0) is 21.5 Å². The number of amides is 2. The van der Waals surface area contributed by atoms with E-state index < -0.39 is 59.7 Å². The maximum absolute atomic E-state index is 14.9. The van der Waals surface area contributed by atoms with Gasteiger partial charge in [-0.1, -0.05) is 41.9 Å². The summed E-state index contributed by atoms with van der Waals surface area (Å²) in [5.41, 5.74) is -2.03. The SMILES string of the molecule is CC(C)OC(=O)C(F)(F)C(C)NC(=O)NC(Cc1ccccc1)(c1cc(F)cc(OC(F)(F)C(F)F)c1)c1ccc(Cl)cn1. The van der Waals surface area contributed by atoms with Gasteiger partial charge in [-0.3, -0.25) is 4.98 Å². The highest BCUT2D eigenvalue weighted by Crippen LogP contribution is 2.37. The van der Waals surface area contributed by atoms with Crippen LogP contribution in [0.25, 0.3) is 0 Å². The molecule has 0 aliphatic rings. The number of rotatable bonds is 12. The molecule has 2 amide bonds. The Hall–Kier alpha value is -4.07. The molecule has 0 bridgehead atoms. The van der Waals surface area contributed by atoms with Gasteiger partial charge < -0.3 is 20.1 Å². The highest BCUT2D eigenvalue weighted by Gasteiger charge is 2.49. The summed E-state index contributed by atoms with van der Waals surface area (Å²) in [5, 5.41) is 4.53. The highest BCUT2D eigenvalue weighted by atomic mass is 35.5. The molecule has 7 nitrogen and oxygen atoms in total. The summed E-state index contributed by atoms with van der Waals surface area (Å²) in [6.07, 6.45) is -9.32. The number of halogens is 8. The van der Waals surface area contributed by atoms with Gasteiger partial charge in [0.1, 0.15) is 23.1 Å². The lowest BCUT2D eigenvalue weighted by atomic mass is 9.80. The van der Waals surface area contributed by atoms with Crippen molar-refractivity contribution in [2.24, 2.45) is 0 Å². The summed E-state index contributed by atoms with van der Waals surface area (Å²) in [6, 6.07) is 9.22. The fraction of sp³-hybridized carbons (Fsp3) is 0.345. The van der Waals surface area contributed by atoms with Gasteiger partial charge in [-0.2, -0.15) is 26.3 Å². The van der Waals surface area contributed by atoms with E-state index in [0.717, 1.165) is 25.3 Å². The maximum atomic E-state index is 14.9. The van der Waals surface area contributed by atoms with Crippen LogP contribution < -0.4 is 15.4 Å². The Bertz CT molecular complexity index is 1450. The van der Waals surface area contributed by atoms with E-state index in [-0.39, 0.29) is 22.7 Å². The summed E-state index contributed by atoms with van der Waals surface area (Å²) in [7, 11) is 0. The number of ether oxygens (including phenoxy) is 2. The molecule has 0 saturated carbocycles. The monoisotopic (exact) mass is 649 g/mol. The predicted molar refractivity (Wildman–Crippen MR) is 145 cm³/mol. The van der Waals surface area contributed by atoms with Gasteiger partial charge in [-0.25, -0.2) is 14.0 Å². The molecular formula is C29H27ClF7N3O4. The number of nitrogens with one attached hydrogen (secondary N) is 2. The molecular weight excluding hydrogens is 623 g/mol. The number of alkyl halides is 6. The van der Waals surface area contributed by atoms with E-state index in [1.54, 1.807) is 30.3 Å². The Morgan fingerprint density at radius 1 is 0.977 bits per heavy atom. The van der Waals surface area contributed by atoms with Crippen molar-refractivity contribution in [3.05, 3.63) is 94.5 Å². The molecule has 44 heavy (non-hydrogen) atoms. The molecule has 3 aromatic rings. The fourth-order valence-electron chi connectivity index (χ4n) is 4.11. The van der Waals surface area contributed by atoms with Crippen LogP contribution in [-0.4, -0.2) is 47.6 Å². The normalized spacial score (nSPS) is 14.1. The molecule has 15 heteroatoms. The Morgan fingerprint density at radius 3 is 2.20 bits per heavy atom. The first-order valence-corrected chi connectivity index (χ1v) is 13.3. The quantitative estimate of drug-likeness (QED) is 0.165. The molecule has 2 N–H and O–H groups in total. The molecule has 2 unspecified atom stereocenters. The Balaban J connectivity index is 2.17. The predicted octanol–water partition coefficient (Wildman–Crippen LogP) is 6.87. The number of urea groups is 1. The largest absolute Gasteiger partial charge is 0.461 e. The van der Waals surface area contributed by atoms with Crippen molar-refractivity contribution in [1.29, 1.82) is 0 Å². The number of hydrogen-bond donors (Lipinski definition) is 2. The molecule has 1 aromatic heterocycles. The summed E-state index contributed by atoms with van der Waals surface area (Å²) in [5.74, 6) is -8.35. The standard InChI is InChI=1S/C29H27ClF7N3O4/c1-16(2)43-25(41)28(34,35)17(3)39-26(42)40-27(14-18-7-5-4-6-8-18,23-10-9-20(30)15-38-23)19-11-21(31)13-22(12-19)44-29(36,37)24(32)33/h4-13,15-17,24H,14H2,1-3H3,(H2,39,40,42). The Labute approximate surface area is 252 Å². The van der Waals surface area contributed by atoms with Gasteiger partial charge in [0.15, 0.2) is 0 Å². The van der Waals surface area contributed by atoms with E-state index in [0.29, 0.717) is 11.6 Å². The molecule has 0 aliphatic carbocycles. The van der Waals surface area contributed by atoms with Crippen LogP contribution in [0.4, 0.5) is 35.5 Å². The molecule has 0 saturated heterocycles. The Morgan fingerprint density at radius 2 is 1.64 bits per heavy atom. The van der Waals surface area contributed by atoms with Crippen LogP contribution in [0.2, 0.25) is 5.02 Å². The van der Waals surface area contributed by atoms with E-state index in [4.69, 9.17) is 11.6 Å². The molecule has 0 spiro atoms. The summed E-state index contributed by atoms with van der Waals surface area (Å²) in [6.45, 7) is 3.54. The van der Waals surface area contributed by atoms with Crippen molar-refractivity contribution in [3.63, 3.8) is 0 Å². The Kier molecular flexibility index (Phi) is 10.7. The minimum Gasteiger partial charge on any atom is -0.458 e. The molecule has 0 radical (unpaired) electrons. The second kappa shape index (κ2) is 13.7. The van der Waals surface area contributed by atoms with Crippen molar-refractivity contribution in [3.8, 4) is 5.75 Å². The zero-order valence-electron chi connectivity index (χ0n) is 23.4. The zero-order chi connectivity index (χ0) is 32.9. The topological polar surface area (TPSA) is 89.5 Å². The van der Waals surface area contributed by atoms with Gasteiger partial charge in [0.2, 0.25) is 0 Å². The minimum atomic E-state index is -5.01. The summed E-state index contributed by atoms with van der Waals surface area (Å²) >= 11 is 5.99. The maximum Gasteiger partial charge on any atom is 0.461 e. The van der Waals surface area contributed by atoms with Crippen LogP contribution in [0.5, 0.6) is 5.75 Å². The first kappa shape index (κ1) is 34.4. The summed E-state index contributed by atoms with van der Waals surface area (Å²) < 4.78 is 107. The van der Waals surface area contributed by atoms with E-state index in [1.165, 1.54) is 26.0 Å². The summed E-state index contributed by atoms with van der Waals surface area (Å²) in [4.78, 5) is 29.5. The number of benzene rings is 2. The minimum absolute atomic E-state index is 0.0864. The molecule has 3 rings (SSSR count). The number of aromatic nitrogens is 1. The van der Waals surface area contributed by atoms with E-state index >= 15 is 0 Å². The third-order valence-electron chi connectivity index (χ3n) is 6.18. The van der Waals surface area contributed by atoms with Crippen molar-refractivity contribution >= 4 is 23.6 Å². The average Bonchev–Trinajstić information content (AvgIpc) is 2.92. The molecule has 1 heterocycles. The number of hydrogen-bond acceptors (Lipinski definition) is 5. The lowest BCUT2D eigenvalue weighted by Crippen LogP contribution is -2.58. The van der Waals surface area contributed by atoms with Crippen molar-refractivity contribution in [1.82, 2.24) is 15.6 Å². The fourth-order valence-corrected chi connectivity index (χ4v) is 4.22. The van der Waals surface area contributed by atoms with Crippen LogP contribution >= 0.6 is 11.6 Å². The second-order valence-corrected chi connectivity index (χ2v) is 10.4. The van der Waals surface area contributed by atoms with Gasteiger partial charge in [0.05, 0.1) is 16.8 Å². The number of nitrogens with zero attached hydrogens (tertiary/aromatic N) is 1. The molecule has 238 valence electrons. The van der Waals surface area contributed by atoms with Crippen LogP contribution in [0.15, 0.2) is 66.9 Å². The smallest absolute Gasteiger partial charge is 0.458 e. The van der Waals surface area contributed by atoms with Crippen LogP contribution in [0.1, 0.15) is 37.6 Å². The van der Waals surface area contributed by atoms with Gasteiger partial charge in [0, 0.05) is 18.7 Å². The van der Waals surface area contributed by atoms with Crippen molar-refractivity contribution in [2.75, 3.05) is 0 Å². The highest BCUT2D eigenvalue weighted by molar-refractivity contribution is 6.30. The van der Waals surface area contributed by atoms with Crippen molar-refractivity contribution < 1.29 is 49.8 Å². The lowest BCUT2D eigenvalue weighted by Gasteiger charge is -2.36. The zero-order valence-corrected chi connectivity index (χ0v) is 24.1. The van der Waals surface area contributed by atoms with Gasteiger partial charge in [-0.05, 0) is 56.2 Å². The van der Waals surface area contributed by atoms with Gasteiger partial charge in [-0.15, -0.1) is 0 Å². The first-order chi connectivity index (χ1) is 20.5. The van der Waals surface area contributed by atoms with E-state index in [2.05, 4.69) is 19.8 Å². The molecule has 2 atom stereocenters. The van der Waals surface area contributed by atoms with E-state index in [1.807, 2.05) is 5.32 Å². The average molecular weight is 650 g/mol. The molecule has 0 aliphatic heterocycles.